The number of hydrogen-bond donors (Lipinski definition) is 1. The van der Waals surface area contributed by atoms with Gasteiger partial charge in [0.2, 0.25) is 0 Å². The summed E-state index contributed by atoms with van der Waals surface area (Å²) in [6, 6.07) is 0.175. The molecule has 0 radical (unpaired) electrons. The summed E-state index contributed by atoms with van der Waals surface area (Å²) < 4.78 is 0. The summed E-state index contributed by atoms with van der Waals surface area (Å²) >= 11 is 3.70. The summed E-state index contributed by atoms with van der Waals surface area (Å²) in [5, 5.41) is 5.99. The molecule has 0 bridgehead atoms. The van der Waals surface area contributed by atoms with Gasteiger partial charge in [0.25, 0.3) is 0 Å². The van der Waals surface area contributed by atoms with Crippen molar-refractivity contribution in [2.24, 2.45) is 4.99 Å². The molecule has 3 nitrogen and oxygen atoms in total. The first-order valence-corrected chi connectivity index (χ1v) is 9.44. The molecule has 1 aromatic rings. The van der Waals surface area contributed by atoms with Crippen LogP contribution in [-0.2, 0) is 6.42 Å². The van der Waals surface area contributed by atoms with Crippen molar-refractivity contribution in [3.8, 4) is 0 Å². The molecule has 0 aromatic carbocycles. The largest absolute Gasteiger partial charge is 0.359 e. The summed E-state index contributed by atoms with van der Waals surface area (Å²) in [5.41, 5.74) is 0.346. The Hall–Kier alpha value is -0.550. The monoisotopic (exact) mass is 309 g/mol. The number of thioether (sulfide) groups is 1. The van der Waals surface area contributed by atoms with E-state index in [0.29, 0.717) is 5.54 Å². The highest BCUT2D eigenvalue weighted by Gasteiger charge is 2.38. The first-order chi connectivity index (χ1) is 9.71. The second-order valence-corrected chi connectivity index (χ2v) is 7.99. The van der Waals surface area contributed by atoms with Crippen LogP contribution < -0.4 is 5.32 Å². The third-order valence-electron chi connectivity index (χ3n) is 4.26. The van der Waals surface area contributed by atoms with Crippen LogP contribution in [-0.4, -0.2) is 21.4 Å². The highest BCUT2D eigenvalue weighted by molar-refractivity contribution is 8.14. The number of amidine groups is 1. The van der Waals surface area contributed by atoms with Crippen LogP contribution in [0, 0.1) is 0 Å². The number of nitrogens with zero attached hydrogens (tertiary/aromatic N) is 2. The summed E-state index contributed by atoms with van der Waals surface area (Å²) in [4.78, 5) is 10.7. The summed E-state index contributed by atoms with van der Waals surface area (Å²) in [6.07, 6.45) is 9.81. The standard InChI is InChI=1S/C15H23N3S2/c1-3-12-9-16-13(20-12)11(2)17-14-18-15(10-19-14)7-5-4-6-8-15/h9,11H,3-8,10H2,1-2H3,(H,17,18). The van der Waals surface area contributed by atoms with E-state index in [1.165, 1.54) is 42.7 Å². The molecular formula is C15H23N3S2. The van der Waals surface area contributed by atoms with Gasteiger partial charge < -0.3 is 5.32 Å². The molecule has 1 atom stereocenters. The molecule has 1 unspecified atom stereocenters. The van der Waals surface area contributed by atoms with Crippen molar-refractivity contribution in [3.63, 3.8) is 0 Å². The predicted molar refractivity (Wildman–Crippen MR) is 88.8 cm³/mol. The molecule has 3 rings (SSSR count). The molecule has 1 aliphatic heterocycles. The van der Waals surface area contributed by atoms with Crippen LogP contribution in [0.25, 0.3) is 0 Å². The molecule has 110 valence electrons. The number of aromatic nitrogens is 1. The quantitative estimate of drug-likeness (QED) is 0.911. The number of hydrogen-bond acceptors (Lipinski definition) is 4. The number of aliphatic imine (C=N–C) groups is 1. The van der Waals surface area contributed by atoms with Crippen molar-refractivity contribution in [1.82, 2.24) is 10.3 Å². The van der Waals surface area contributed by atoms with E-state index < -0.39 is 0 Å². The van der Waals surface area contributed by atoms with Crippen LogP contribution in [0.5, 0.6) is 0 Å². The topological polar surface area (TPSA) is 37.3 Å². The molecule has 20 heavy (non-hydrogen) atoms. The Kier molecular flexibility index (Phi) is 4.36. The number of rotatable bonds is 3. The average molecular weight is 310 g/mol. The molecule has 1 N–H and O–H groups in total. The smallest absolute Gasteiger partial charge is 0.157 e. The predicted octanol–water partition coefficient (Wildman–Crippen LogP) is 4.16. The highest BCUT2D eigenvalue weighted by Crippen LogP contribution is 2.37. The van der Waals surface area contributed by atoms with E-state index >= 15 is 0 Å². The van der Waals surface area contributed by atoms with E-state index in [4.69, 9.17) is 4.99 Å². The number of aryl methyl sites for hydroxylation is 1. The third kappa shape index (κ3) is 3.03. The molecule has 1 aromatic heterocycles. The first-order valence-electron chi connectivity index (χ1n) is 7.64. The zero-order valence-corrected chi connectivity index (χ0v) is 13.9. The Labute approximate surface area is 129 Å². The second-order valence-electron chi connectivity index (χ2n) is 5.88. The van der Waals surface area contributed by atoms with E-state index in [1.54, 1.807) is 11.3 Å². The minimum absolute atomic E-state index is 0.175. The summed E-state index contributed by atoms with van der Waals surface area (Å²) in [7, 11) is 0. The van der Waals surface area contributed by atoms with Crippen LogP contribution >= 0.6 is 23.1 Å². The lowest BCUT2D eigenvalue weighted by Crippen LogP contribution is -2.45. The fraction of sp³-hybridized carbons (Fsp3) is 0.733. The van der Waals surface area contributed by atoms with Crippen LogP contribution in [0.15, 0.2) is 11.2 Å². The molecule has 2 aliphatic rings. The fourth-order valence-electron chi connectivity index (χ4n) is 2.98. The van der Waals surface area contributed by atoms with E-state index in [9.17, 15) is 0 Å². The van der Waals surface area contributed by atoms with Gasteiger partial charge in [-0.3, -0.25) is 4.99 Å². The van der Waals surface area contributed by atoms with Crippen molar-refractivity contribution >= 4 is 28.3 Å². The molecule has 2 fully saturated rings. The van der Waals surface area contributed by atoms with Crippen LogP contribution in [0.4, 0.5) is 0 Å². The van der Waals surface area contributed by atoms with Crippen molar-refractivity contribution in [3.05, 3.63) is 16.1 Å². The Balaban J connectivity index is 1.67. The minimum atomic E-state index is 0.175. The second kappa shape index (κ2) is 6.06. The lowest BCUT2D eigenvalue weighted by molar-refractivity contribution is 0.303. The van der Waals surface area contributed by atoms with Gasteiger partial charge in [-0.05, 0) is 26.2 Å². The van der Waals surface area contributed by atoms with Gasteiger partial charge >= 0.3 is 0 Å². The Morgan fingerprint density at radius 3 is 2.90 bits per heavy atom. The van der Waals surface area contributed by atoms with Gasteiger partial charge in [0.1, 0.15) is 11.0 Å². The van der Waals surface area contributed by atoms with Crippen molar-refractivity contribution < 1.29 is 0 Å². The van der Waals surface area contributed by atoms with E-state index in [-0.39, 0.29) is 6.04 Å². The van der Waals surface area contributed by atoms with Gasteiger partial charge in [-0.25, -0.2) is 4.98 Å². The maximum absolute atomic E-state index is 4.86. The van der Waals surface area contributed by atoms with E-state index in [2.05, 4.69) is 24.1 Å². The van der Waals surface area contributed by atoms with Gasteiger partial charge in [0.05, 0.1) is 0 Å². The number of thiazole rings is 1. The third-order valence-corrected chi connectivity index (χ3v) is 6.75. The lowest BCUT2D eigenvalue weighted by atomic mass is 9.83. The Morgan fingerprint density at radius 2 is 2.20 bits per heavy atom. The lowest BCUT2D eigenvalue weighted by Gasteiger charge is -2.32. The van der Waals surface area contributed by atoms with E-state index in [1.807, 2.05) is 18.0 Å². The molecule has 1 aliphatic carbocycles. The SMILES string of the molecule is CCc1cnc(C(C)N=C2NC3(CCCCC3)CS2)s1. The Morgan fingerprint density at radius 1 is 1.40 bits per heavy atom. The molecule has 1 saturated heterocycles. The maximum atomic E-state index is 4.86. The van der Waals surface area contributed by atoms with Crippen molar-refractivity contribution in [2.75, 3.05) is 5.75 Å². The molecule has 0 amide bonds. The maximum Gasteiger partial charge on any atom is 0.157 e. The van der Waals surface area contributed by atoms with Gasteiger partial charge in [-0.1, -0.05) is 37.9 Å². The summed E-state index contributed by atoms with van der Waals surface area (Å²) in [5.74, 6) is 1.19. The number of nitrogens with one attached hydrogen (secondary N) is 1. The average Bonchev–Trinajstić information content (AvgIpc) is 3.07. The normalized spacial score (nSPS) is 25.0. The van der Waals surface area contributed by atoms with E-state index in [0.717, 1.165) is 16.6 Å². The molecule has 2 heterocycles. The zero-order chi connectivity index (χ0) is 14.0. The summed E-state index contributed by atoms with van der Waals surface area (Å²) in [6.45, 7) is 4.33. The zero-order valence-electron chi connectivity index (χ0n) is 12.3. The fourth-order valence-corrected chi connectivity index (χ4v) is 5.13. The van der Waals surface area contributed by atoms with Crippen molar-refractivity contribution in [2.45, 2.75) is 64.0 Å². The van der Waals surface area contributed by atoms with Crippen LogP contribution in [0.2, 0.25) is 0 Å². The van der Waals surface area contributed by atoms with Gasteiger partial charge in [-0.15, -0.1) is 11.3 Å². The van der Waals surface area contributed by atoms with Crippen molar-refractivity contribution in [1.29, 1.82) is 0 Å². The minimum Gasteiger partial charge on any atom is -0.359 e. The molecule has 1 spiro atoms. The molecule has 1 saturated carbocycles. The van der Waals surface area contributed by atoms with Gasteiger partial charge in [0, 0.05) is 22.4 Å². The van der Waals surface area contributed by atoms with Gasteiger partial charge in [0.15, 0.2) is 5.17 Å². The highest BCUT2D eigenvalue weighted by atomic mass is 32.2. The first kappa shape index (κ1) is 14.4. The Bertz CT molecular complexity index is 489. The molecule has 5 heteroatoms. The van der Waals surface area contributed by atoms with Crippen LogP contribution in [0.1, 0.15) is 61.9 Å². The van der Waals surface area contributed by atoms with Crippen LogP contribution in [0.3, 0.4) is 0 Å². The molecular weight excluding hydrogens is 286 g/mol. The van der Waals surface area contributed by atoms with Gasteiger partial charge in [-0.2, -0.15) is 0 Å².